The third-order valence-electron chi connectivity index (χ3n) is 1.60. The second-order valence-corrected chi connectivity index (χ2v) is 3.43. The van der Waals surface area contributed by atoms with Crippen LogP contribution in [-0.2, 0) is 14.6 Å². The van der Waals surface area contributed by atoms with Crippen LogP contribution in [0.1, 0.15) is 26.7 Å². The molecule has 0 aromatic heterocycles. The fourth-order valence-corrected chi connectivity index (χ4v) is 1.06. The van der Waals surface area contributed by atoms with Gasteiger partial charge in [-0.2, -0.15) is 0 Å². The van der Waals surface area contributed by atoms with Gasteiger partial charge in [0.05, 0.1) is 6.61 Å². The molecule has 0 amide bonds. The van der Waals surface area contributed by atoms with Gasteiger partial charge in [-0.1, -0.05) is 26.7 Å². The monoisotopic (exact) mass is 204 g/mol. The molecular weight excluding hydrogens is 191 g/mol. The van der Waals surface area contributed by atoms with Gasteiger partial charge in [-0.15, -0.1) is 0 Å². The van der Waals surface area contributed by atoms with Gasteiger partial charge in [0.1, 0.15) is 0 Å². The van der Waals surface area contributed by atoms with Crippen LogP contribution < -0.4 is 29.6 Å². The van der Waals surface area contributed by atoms with Crippen LogP contribution in [0, 0.1) is 5.92 Å². The molecule has 0 spiro atoms. The minimum Gasteiger partial charge on any atom is -0.726 e. The molecule has 6 heteroatoms. The van der Waals surface area contributed by atoms with E-state index in [9.17, 15) is 13.0 Å². The molecule has 0 radical (unpaired) electrons. The average Bonchev–Trinajstić information content (AvgIpc) is 1.88. The average molecular weight is 204 g/mol. The fraction of sp³-hybridized carbons (Fsp3) is 1.00. The Morgan fingerprint density at radius 1 is 1.33 bits per heavy atom. The molecule has 4 nitrogen and oxygen atoms in total. The normalized spacial score (nSPS) is 11.3. The molecular formula is C6H13NaO4S. The van der Waals surface area contributed by atoms with Crippen LogP contribution in [0.5, 0.6) is 0 Å². The van der Waals surface area contributed by atoms with Gasteiger partial charge in [0.15, 0.2) is 0 Å². The molecule has 0 heterocycles. The number of hydrogen-bond donors (Lipinski definition) is 0. The predicted molar refractivity (Wildman–Crippen MR) is 39.7 cm³/mol. The zero-order chi connectivity index (χ0) is 8.91. The number of rotatable bonds is 5. The SMILES string of the molecule is CCC(CC)COS(=O)(=O)[O-].[Na+]. The second-order valence-electron chi connectivity index (χ2n) is 2.38. The van der Waals surface area contributed by atoms with Crippen molar-refractivity contribution in [1.29, 1.82) is 0 Å². The van der Waals surface area contributed by atoms with E-state index >= 15 is 0 Å². The Balaban J connectivity index is 0. The molecule has 0 aliphatic carbocycles. The van der Waals surface area contributed by atoms with Crippen LogP contribution in [0.25, 0.3) is 0 Å². The molecule has 12 heavy (non-hydrogen) atoms. The minimum atomic E-state index is -4.49. The van der Waals surface area contributed by atoms with Crippen molar-refractivity contribution >= 4 is 10.4 Å². The van der Waals surface area contributed by atoms with E-state index in [0.717, 1.165) is 12.8 Å². The van der Waals surface area contributed by atoms with Gasteiger partial charge in [-0.05, 0) is 5.92 Å². The summed E-state index contributed by atoms with van der Waals surface area (Å²) in [5.74, 6) is 0.165. The van der Waals surface area contributed by atoms with E-state index in [2.05, 4.69) is 4.18 Å². The summed E-state index contributed by atoms with van der Waals surface area (Å²) in [6, 6.07) is 0. The maximum absolute atomic E-state index is 9.99. The molecule has 0 aromatic carbocycles. The molecule has 0 N–H and O–H groups in total. The Kier molecular flexibility index (Phi) is 9.32. The first kappa shape index (κ1) is 15.3. The molecule has 0 bridgehead atoms. The van der Waals surface area contributed by atoms with Crippen LogP contribution >= 0.6 is 0 Å². The van der Waals surface area contributed by atoms with Crippen molar-refractivity contribution in [2.75, 3.05) is 6.61 Å². The van der Waals surface area contributed by atoms with Crippen LogP contribution in [0.2, 0.25) is 0 Å². The van der Waals surface area contributed by atoms with E-state index in [4.69, 9.17) is 0 Å². The van der Waals surface area contributed by atoms with Crippen molar-refractivity contribution in [3.05, 3.63) is 0 Å². The van der Waals surface area contributed by atoms with Gasteiger partial charge in [0.25, 0.3) is 0 Å². The van der Waals surface area contributed by atoms with Crippen molar-refractivity contribution in [3.63, 3.8) is 0 Å². The van der Waals surface area contributed by atoms with Crippen LogP contribution in [-0.4, -0.2) is 19.6 Å². The molecule has 0 atom stereocenters. The van der Waals surface area contributed by atoms with Crippen molar-refractivity contribution in [3.8, 4) is 0 Å². The predicted octanol–water partition coefficient (Wildman–Crippen LogP) is -2.10. The quantitative estimate of drug-likeness (QED) is 0.292. The molecule has 0 fully saturated rings. The fourth-order valence-electron chi connectivity index (χ4n) is 0.704. The molecule has 0 saturated heterocycles. The van der Waals surface area contributed by atoms with Gasteiger partial charge >= 0.3 is 29.6 Å². The summed E-state index contributed by atoms with van der Waals surface area (Å²) < 4.78 is 34.1. The van der Waals surface area contributed by atoms with Crippen molar-refractivity contribution in [2.45, 2.75) is 26.7 Å². The van der Waals surface area contributed by atoms with Crippen LogP contribution in [0.3, 0.4) is 0 Å². The summed E-state index contributed by atoms with van der Waals surface area (Å²) in [5.41, 5.74) is 0. The Morgan fingerprint density at radius 3 is 2.00 bits per heavy atom. The van der Waals surface area contributed by atoms with E-state index in [0.29, 0.717) is 0 Å². The first-order valence-electron chi connectivity index (χ1n) is 3.59. The summed E-state index contributed by atoms with van der Waals surface area (Å²) in [7, 11) is -4.49. The van der Waals surface area contributed by atoms with Crippen molar-refractivity contribution < 1.29 is 46.7 Å². The molecule has 0 aliphatic rings. The van der Waals surface area contributed by atoms with Crippen molar-refractivity contribution in [1.82, 2.24) is 0 Å². The number of hydrogen-bond acceptors (Lipinski definition) is 4. The minimum absolute atomic E-state index is 0. The standard InChI is InChI=1S/C6H14O4S.Na/c1-3-6(4-2)5-10-11(7,8)9;/h6H,3-5H2,1-2H3,(H,7,8,9);/q;+1/p-1. The van der Waals surface area contributed by atoms with E-state index in [1.54, 1.807) is 0 Å². The largest absolute Gasteiger partial charge is 1.00 e. The summed E-state index contributed by atoms with van der Waals surface area (Å²) >= 11 is 0. The maximum atomic E-state index is 9.99. The summed E-state index contributed by atoms with van der Waals surface area (Å²) in [6.45, 7) is 3.86. The topological polar surface area (TPSA) is 66.4 Å². The zero-order valence-corrected chi connectivity index (χ0v) is 10.6. The smallest absolute Gasteiger partial charge is 0.726 e. The molecule has 0 rings (SSSR count). The van der Waals surface area contributed by atoms with Crippen molar-refractivity contribution in [2.24, 2.45) is 5.92 Å². The first-order chi connectivity index (χ1) is 4.99. The molecule has 0 aromatic rings. The Bertz CT molecular complexity index is 186. The van der Waals surface area contributed by atoms with Crippen LogP contribution in [0.4, 0.5) is 0 Å². The summed E-state index contributed by atoms with van der Waals surface area (Å²) in [6.07, 6.45) is 1.65. The van der Waals surface area contributed by atoms with Gasteiger partial charge in [0.2, 0.25) is 10.4 Å². The molecule has 0 saturated carbocycles. The summed E-state index contributed by atoms with van der Waals surface area (Å²) in [4.78, 5) is 0. The van der Waals surface area contributed by atoms with E-state index in [1.807, 2.05) is 13.8 Å². The third-order valence-corrected chi connectivity index (χ3v) is 2.03. The van der Waals surface area contributed by atoms with E-state index in [1.165, 1.54) is 0 Å². The Morgan fingerprint density at radius 2 is 1.75 bits per heavy atom. The van der Waals surface area contributed by atoms with Crippen LogP contribution in [0.15, 0.2) is 0 Å². The van der Waals surface area contributed by atoms with Gasteiger partial charge < -0.3 is 4.55 Å². The van der Waals surface area contributed by atoms with Gasteiger partial charge in [-0.25, -0.2) is 8.42 Å². The Hall–Kier alpha value is 0.870. The molecule has 0 aliphatic heterocycles. The first-order valence-corrected chi connectivity index (χ1v) is 4.93. The van der Waals surface area contributed by atoms with E-state index < -0.39 is 10.4 Å². The molecule has 68 valence electrons. The Labute approximate surface area is 95.9 Å². The van der Waals surface area contributed by atoms with E-state index in [-0.39, 0.29) is 42.1 Å². The maximum Gasteiger partial charge on any atom is 1.00 e. The zero-order valence-electron chi connectivity index (χ0n) is 7.74. The van der Waals surface area contributed by atoms with Gasteiger partial charge in [-0.3, -0.25) is 4.18 Å². The van der Waals surface area contributed by atoms with Gasteiger partial charge in [0, 0.05) is 0 Å². The summed E-state index contributed by atoms with van der Waals surface area (Å²) in [5, 5.41) is 0. The molecule has 0 unspecified atom stereocenters. The second kappa shape index (κ2) is 7.29. The third kappa shape index (κ3) is 8.96.